The Balaban J connectivity index is 1.73. The Bertz CT molecular complexity index is 947. The van der Waals surface area contributed by atoms with Crippen LogP contribution in [-0.4, -0.2) is 32.2 Å². The average Bonchev–Trinajstić information content (AvgIpc) is 3.31. The third-order valence-electron chi connectivity index (χ3n) is 4.71. The summed E-state index contributed by atoms with van der Waals surface area (Å²) in [5.74, 6) is 0.618. The smallest absolute Gasteiger partial charge is 0.341 e. The van der Waals surface area contributed by atoms with Gasteiger partial charge in [-0.1, -0.05) is 13.0 Å². The minimum Gasteiger partial charge on any atom is -0.493 e. The van der Waals surface area contributed by atoms with E-state index < -0.39 is 0 Å². The molecule has 160 valence electrons. The van der Waals surface area contributed by atoms with Crippen LogP contribution in [0.4, 0.5) is 5.00 Å². The quantitative estimate of drug-likeness (QED) is 0.455. The first-order valence-electron chi connectivity index (χ1n) is 10.2. The summed E-state index contributed by atoms with van der Waals surface area (Å²) in [6.45, 7) is 4.73. The van der Waals surface area contributed by atoms with E-state index in [0.717, 1.165) is 41.7 Å². The van der Waals surface area contributed by atoms with Gasteiger partial charge in [0.2, 0.25) is 5.91 Å². The van der Waals surface area contributed by atoms with Crippen LogP contribution in [0.15, 0.2) is 24.3 Å². The fourth-order valence-electron chi connectivity index (χ4n) is 3.36. The summed E-state index contributed by atoms with van der Waals surface area (Å²) in [5.41, 5.74) is 2.34. The Morgan fingerprint density at radius 3 is 2.77 bits per heavy atom. The first-order valence-corrected chi connectivity index (χ1v) is 11.0. The lowest BCUT2D eigenvalue weighted by atomic mass is 10.1. The standard InChI is InChI=1S/C23H27NO5S/c1-4-13-29-17-11-9-15(14-18(17)27-3)10-12-20(25)24-22-21(23(26)28-5-2)16-7-6-8-19(16)30-22/h9-12,14H,4-8,13H2,1-3H3,(H,24,25). The molecule has 1 aromatic carbocycles. The summed E-state index contributed by atoms with van der Waals surface area (Å²) >= 11 is 1.47. The van der Waals surface area contributed by atoms with Crippen molar-refractivity contribution in [2.24, 2.45) is 0 Å². The predicted octanol–water partition coefficient (Wildman–Crippen LogP) is 4.86. The lowest BCUT2D eigenvalue weighted by Gasteiger charge is -2.10. The zero-order chi connectivity index (χ0) is 21.5. The molecule has 7 heteroatoms. The first kappa shape index (κ1) is 21.9. The van der Waals surface area contributed by atoms with Crippen LogP contribution in [-0.2, 0) is 22.4 Å². The van der Waals surface area contributed by atoms with Crippen LogP contribution in [0, 0.1) is 0 Å². The van der Waals surface area contributed by atoms with Crippen LogP contribution in [0.2, 0.25) is 0 Å². The van der Waals surface area contributed by atoms with Crippen molar-refractivity contribution in [3.63, 3.8) is 0 Å². The van der Waals surface area contributed by atoms with E-state index in [4.69, 9.17) is 14.2 Å². The van der Waals surface area contributed by atoms with Crippen LogP contribution in [0.5, 0.6) is 11.5 Å². The van der Waals surface area contributed by atoms with E-state index in [1.165, 1.54) is 17.4 Å². The highest BCUT2D eigenvalue weighted by Gasteiger charge is 2.28. The largest absolute Gasteiger partial charge is 0.493 e. The maximum atomic E-state index is 12.5. The zero-order valence-corrected chi connectivity index (χ0v) is 18.4. The van der Waals surface area contributed by atoms with Crippen molar-refractivity contribution in [1.29, 1.82) is 0 Å². The third-order valence-corrected chi connectivity index (χ3v) is 5.92. The normalized spacial score (nSPS) is 12.6. The van der Waals surface area contributed by atoms with Crippen molar-refractivity contribution in [2.45, 2.75) is 39.5 Å². The Hall–Kier alpha value is -2.80. The Morgan fingerprint density at radius 2 is 2.03 bits per heavy atom. The van der Waals surface area contributed by atoms with Crippen LogP contribution in [0.1, 0.15) is 53.1 Å². The van der Waals surface area contributed by atoms with Gasteiger partial charge in [-0.3, -0.25) is 4.79 Å². The second-order valence-electron chi connectivity index (χ2n) is 6.86. The molecule has 0 spiro atoms. The number of carbonyl (C=O) groups excluding carboxylic acids is 2. The molecule has 0 radical (unpaired) electrons. The van der Waals surface area contributed by atoms with E-state index in [2.05, 4.69) is 5.32 Å². The number of aryl methyl sites for hydroxylation is 1. The minimum atomic E-state index is -0.372. The molecule has 0 atom stereocenters. The van der Waals surface area contributed by atoms with Gasteiger partial charge in [0, 0.05) is 11.0 Å². The lowest BCUT2D eigenvalue weighted by Crippen LogP contribution is -2.13. The molecule has 1 aliphatic rings. The summed E-state index contributed by atoms with van der Waals surface area (Å²) in [6, 6.07) is 5.51. The second kappa shape index (κ2) is 10.3. The number of amides is 1. The molecule has 0 bridgehead atoms. The minimum absolute atomic E-state index is 0.300. The molecule has 1 heterocycles. The number of nitrogens with one attached hydrogen (secondary N) is 1. The molecule has 6 nitrogen and oxygen atoms in total. The number of rotatable bonds is 9. The van der Waals surface area contributed by atoms with Gasteiger partial charge in [-0.05, 0) is 61.9 Å². The van der Waals surface area contributed by atoms with Crippen LogP contribution < -0.4 is 14.8 Å². The zero-order valence-electron chi connectivity index (χ0n) is 17.6. The molecule has 0 saturated carbocycles. The molecule has 3 rings (SSSR count). The van der Waals surface area contributed by atoms with Crippen LogP contribution in [0.25, 0.3) is 6.08 Å². The maximum Gasteiger partial charge on any atom is 0.341 e. The van der Waals surface area contributed by atoms with Gasteiger partial charge in [-0.2, -0.15) is 0 Å². The van der Waals surface area contributed by atoms with Crippen molar-refractivity contribution in [1.82, 2.24) is 0 Å². The highest BCUT2D eigenvalue weighted by Crippen LogP contribution is 2.39. The molecule has 0 fully saturated rings. The first-order chi connectivity index (χ1) is 14.6. The van der Waals surface area contributed by atoms with Gasteiger partial charge in [0.1, 0.15) is 5.00 Å². The molecule has 1 aromatic heterocycles. The topological polar surface area (TPSA) is 73.9 Å². The van der Waals surface area contributed by atoms with Gasteiger partial charge >= 0.3 is 5.97 Å². The van der Waals surface area contributed by atoms with Crippen LogP contribution in [0.3, 0.4) is 0 Å². The van der Waals surface area contributed by atoms with E-state index in [-0.39, 0.29) is 11.9 Å². The number of ether oxygens (including phenoxy) is 3. The molecular formula is C23H27NO5S. The Labute approximate surface area is 180 Å². The number of benzene rings is 1. The van der Waals surface area contributed by atoms with Gasteiger partial charge in [0.25, 0.3) is 0 Å². The summed E-state index contributed by atoms with van der Waals surface area (Å²) in [4.78, 5) is 26.1. The molecule has 2 aromatic rings. The number of hydrogen-bond acceptors (Lipinski definition) is 6. The number of methoxy groups -OCH3 is 1. The monoisotopic (exact) mass is 429 g/mol. The van der Waals surface area contributed by atoms with Gasteiger partial charge in [-0.25, -0.2) is 4.79 Å². The highest BCUT2D eigenvalue weighted by molar-refractivity contribution is 7.17. The molecule has 0 unspecified atom stereocenters. The van der Waals surface area contributed by atoms with Crippen molar-refractivity contribution in [2.75, 3.05) is 25.6 Å². The molecular weight excluding hydrogens is 402 g/mol. The average molecular weight is 430 g/mol. The molecule has 0 saturated heterocycles. The van der Waals surface area contributed by atoms with E-state index in [0.29, 0.717) is 35.3 Å². The van der Waals surface area contributed by atoms with E-state index in [1.807, 2.05) is 25.1 Å². The van der Waals surface area contributed by atoms with Crippen molar-refractivity contribution in [3.05, 3.63) is 45.8 Å². The molecule has 1 aliphatic carbocycles. The fraction of sp³-hybridized carbons (Fsp3) is 0.391. The van der Waals surface area contributed by atoms with Gasteiger partial charge in [0.15, 0.2) is 11.5 Å². The fourth-order valence-corrected chi connectivity index (χ4v) is 4.64. The second-order valence-corrected chi connectivity index (χ2v) is 7.97. The van der Waals surface area contributed by atoms with Crippen molar-refractivity contribution < 1.29 is 23.8 Å². The molecule has 1 amide bonds. The number of carbonyl (C=O) groups is 2. The maximum absolute atomic E-state index is 12.5. The Kier molecular flexibility index (Phi) is 7.52. The summed E-state index contributed by atoms with van der Waals surface area (Å²) < 4.78 is 16.2. The Morgan fingerprint density at radius 1 is 1.20 bits per heavy atom. The van der Waals surface area contributed by atoms with Gasteiger partial charge in [0.05, 0.1) is 25.9 Å². The SMILES string of the molecule is CCCOc1ccc(C=CC(=O)Nc2sc3c(c2C(=O)OCC)CCC3)cc1OC. The lowest BCUT2D eigenvalue weighted by molar-refractivity contribution is -0.111. The van der Waals surface area contributed by atoms with Crippen molar-refractivity contribution in [3.8, 4) is 11.5 Å². The number of anilines is 1. The number of fused-ring (bicyclic) bond motifs is 1. The van der Waals surface area contributed by atoms with Crippen LogP contribution >= 0.6 is 11.3 Å². The summed E-state index contributed by atoms with van der Waals surface area (Å²) in [6.07, 6.45) is 6.86. The predicted molar refractivity (Wildman–Crippen MR) is 119 cm³/mol. The molecule has 1 N–H and O–H groups in total. The van der Waals surface area contributed by atoms with Gasteiger partial charge in [-0.15, -0.1) is 11.3 Å². The summed E-state index contributed by atoms with van der Waals surface area (Å²) in [5, 5.41) is 3.42. The van der Waals surface area contributed by atoms with Gasteiger partial charge < -0.3 is 19.5 Å². The molecule has 30 heavy (non-hydrogen) atoms. The van der Waals surface area contributed by atoms with E-state index in [1.54, 1.807) is 20.1 Å². The number of thiophene rings is 1. The number of esters is 1. The third kappa shape index (κ3) is 5.02. The molecule has 0 aliphatic heterocycles. The highest BCUT2D eigenvalue weighted by atomic mass is 32.1. The van der Waals surface area contributed by atoms with Crippen molar-refractivity contribution >= 4 is 34.3 Å². The summed E-state index contributed by atoms with van der Waals surface area (Å²) in [7, 11) is 1.58. The van der Waals surface area contributed by atoms with E-state index in [9.17, 15) is 9.59 Å². The van der Waals surface area contributed by atoms with E-state index >= 15 is 0 Å². The number of hydrogen-bond donors (Lipinski definition) is 1.